The van der Waals surface area contributed by atoms with Gasteiger partial charge < -0.3 is 34.8 Å². The average Bonchev–Trinajstić information content (AvgIpc) is 2.84. The first-order chi connectivity index (χ1) is 17.3. The Bertz CT molecular complexity index is 958. The summed E-state index contributed by atoms with van der Waals surface area (Å²) in [5.41, 5.74) is 1.26. The molecule has 0 aliphatic heterocycles. The molecule has 2 aromatic carbocycles. The Morgan fingerprint density at radius 2 is 1.78 bits per heavy atom. The summed E-state index contributed by atoms with van der Waals surface area (Å²) >= 11 is 12.1. The molecule has 0 saturated carbocycles. The second-order valence-electron chi connectivity index (χ2n) is 8.27. The van der Waals surface area contributed by atoms with Gasteiger partial charge in [0, 0.05) is 35.7 Å². The van der Waals surface area contributed by atoms with E-state index in [1.807, 2.05) is 0 Å². The van der Waals surface area contributed by atoms with E-state index in [1.54, 1.807) is 18.2 Å². The minimum atomic E-state index is -0.962. The highest BCUT2D eigenvalue weighted by atomic mass is 35.5. The molecule has 0 spiro atoms. The number of hydrogen-bond donors (Lipinski definition) is 4. The van der Waals surface area contributed by atoms with E-state index in [-0.39, 0.29) is 23.6 Å². The maximum Gasteiger partial charge on any atom is 0.308 e. The largest absolute Gasteiger partial charge is 0.507 e. The summed E-state index contributed by atoms with van der Waals surface area (Å²) < 4.78 is 16.3. The van der Waals surface area contributed by atoms with Gasteiger partial charge in [-0.3, -0.25) is 4.79 Å². The predicted molar refractivity (Wildman–Crippen MR) is 139 cm³/mol. The first-order valence-corrected chi connectivity index (χ1v) is 12.7. The fourth-order valence-corrected chi connectivity index (χ4v) is 3.89. The van der Waals surface area contributed by atoms with Gasteiger partial charge in [0.25, 0.3) is 0 Å². The predicted octanol–water partition coefficient (Wildman–Crippen LogP) is 4.53. The minimum Gasteiger partial charge on any atom is -0.507 e. The maximum absolute atomic E-state index is 11.4. The van der Waals surface area contributed by atoms with Crippen LogP contribution < -0.4 is 10.1 Å². The Morgan fingerprint density at radius 3 is 2.53 bits per heavy atom. The second-order valence-corrected chi connectivity index (χ2v) is 9.11. The molecule has 0 bridgehead atoms. The highest BCUT2D eigenvalue weighted by Gasteiger charge is 2.20. The number of unbranched alkanes of at least 4 members (excludes halogenated alkanes) is 3. The van der Waals surface area contributed by atoms with Gasteiger partial charge >= 0.3 is 5.97 Å². The zero-order chi connectivity index (χ0) is 26.3. The number of nitrogens with one attached hydrogen (secondary N) is 1. The summed E-state index contributed by atoms with van der Waals surface area (Å²) in [7, 11) is 0. The Morgan fingerprint density at radius 1 is 1.03 bits per heavy atom. The molecule has 36 heavy (non-hydrogen) atoms. The summed E-state index contributed by atoms with van der Waals surface area (Å²) in [6.45, 7) is 3.72. The van der Waals surface area contributed by atoms with Crippen molar-refractivity contribution in [2.24, 2.45) is 0 Å². The Hall–Kier alpha value is -1.91. The molecule has 0 radical (unpaired) electrons. The van der Waals surface area contributed by atoms with E-state index in [0.29, 0.717) is 48.6 Å². The fraction of sp³-hybridized carbons (Fsp3) is 0.500. The van der Waals surface area contributed by atoms with Crippen molar-refractivity contribution in [1.29, 1.82) is 0 Å². The van der Waals surface area contributed by atoms with Crippen molar-refractivity contribution in [3.8, 4) is 11.5 Å². The molecule has 0 aliphatic carbocycles. The van der Waals surface area contributed by atoms with Crippen LogP contribution in [0.4, 0.5) is 0 Å². The van der Waals surface area contributed by atoms with Crippen LogP contribution in [0.3, 0.4) is 0 Å². The van der Waals surface area contributed by atoms with Crippen LogP contribution in [0.25, 0.3) is 0 Å². The number of carbonyl (C=O) groups is 1. The number of hydrogen-bond acceptors (Lipinski definition) is 8. The molecule has 10 heteroatoms. The van der Waals surface area contributed by atoms with Crippen molar-refractivity contribution in [3.63, 3.8) is 0 Å². The quantitative estimate of drug-likeness (QED) is 0.130. The van der Waals surface area contributed by atoms with Gasteiger partial charge in [0.05, 0.1) is 38.1 Å². The molecule has 4 N–H and O–H groups in total. The summed E-state index contributed by atoms with van der Waals surface area (Å²) in [5.74, 6) is -0.801. The number of aliphatic hydroxyl groups excluding tert-OH is 2. The lowest BCUT2D eigenvalue weighted by Gasteiger charge is -2.18. The van der Waals surface area contributed by atoms with Crippen molar-refractivity contribution >= 4 is 29.2 Å². The number of rotatable bonds is 17. The van der Waals surface area contributed by atoms with Crippen LogP contribution in [0, 0.1) is 0 Å². The van der Waals surface area contributed by atoms with Gasteiger partial charge in [-0.1, -0.05) is 36.0 Å². The van der Waals surface area contributed by atoms with Gasteiger partial charge in [0.2, 0.25) is 0 Å². The van der Waals surface area contributed by atoms with E-state index in [2.05, 4.69) is 5.32 Å². The van der Waals surface area contributed by atoms with Crippen molar-refractivity contribution in [2.45, 2.75) is 51.9 Å². The molecule has 0 aromatic heterocycles. The second kappa shape index (κ2) is 16.8. The van der Waals surface area contributed by atoms with E-state index in [1.165, 1.54) is 19.1 Å². The third kappa shape index (κ3) is 10.6. The van der Waals surface area contributed by atoms with Crippen molar-refractivity contribution in [1.82, 2.24) is 5.32 Å². The highest BCUT2D eigenvalue weighted by molar-refractivity contribution is 6.33. The normalized spacial score (nSPS) is 12.0. The van der Waals surface area contributed by atoms with Crippen molar-refractivity contribution in [2.75, 3.05) is 32.9 Å². The first-order valence-electron chi connectivity index (χ1n) is 12.0. The smallest absolute Gasteiger partial charge is 0.308 e. The number of ether oxygens (including phenoxy) is 3. The van der Waals surface area contributed by atoms with Crippen LogP contribution in [0.1, 0.15) is 55.4 Å². The van der Waals surface area contributed by atoms with E-state index < -0.39 is 18.7 Å². The number of phenols is 1. The summed E-state index contributed by atoms with van der Waals surface area (Å²) in [5, 5.41) is 34.3. The molecule has 2 aromatic rings. The van der Waals surface area contributed by atoms with Crippen molar-refractivity contribution < 1.29 is 34.3 Å². The molecule has 0 aliphatic rings. The molecule has 0 fully saturated rings. The van der Waals surface area contributed by atoms with Gasteiger partial charge in [-0.05, 0) is 55.3 Å². The highest BCUT2D eigenvalue weighted by Crippen LogP contribution is 2.35. The lowest BCUT2D eigenvalue weighted by molar-refractivity contribution is -0.132. The van der Waals surface area contributed by atoms with E-state index in [4.69, 9.17) is 37.4 Å². The van der Waals surface area contributed by atoms with Crippen LogP contribution in [0.15, 0.2) is 30.3 Å². The van der Waals surface area contributed by atoms with Crippen LogP contribution in [0.5, 0.6) is 11.5 Å². The summed E-state index contributed by atoms with van der Waals surface area (Å²) in [6.07, 6.45) is 2.97. The Labute approximate surface area is 222 Å². The van der Waals surface area contributed by atoms with Gasteiger partial charge in [0.15, 0.2) is 0 Å². The molecule has 0 unspecified atom stereocenters. The SMILES string of the molecule is CC(=O)Oc1c([C@@H](O)CNCCCCCCOCCOCc2cc(Cl)ccc2Cl)ccc(O)c1CO. The topological polar surface area (TPSA) is 117 Å². The molecule has 0 saturated heterocycles. The van der Waals surface area contributed by atoms with Crippen molar-refractivity contribution in [3.05, 3.63) is 57.1 Å². The minimum absolute atomic E-state index is 0.00189. The van der Waals surface area contributed by atoms with Crippen LogP contribution in [-0.2, 0) is 27.5 Å². The Kier molecular flexibility index (Phi) is 14.1. The molecular weight excluding hydrogens is 509 g/mol. The van der Waals surface area contributed by atoms with Gasteiger partial charge in [-0.2, -0.15) is 0 Å². The van der Waals surface area contributed by atoms with E-state index in [0.717, 1.165) is 31.2 Å². The number of aromatic hydroxyl groups is 1. The molecular formula is C26H35Cl2NO7. The van der Waals surface area contributed by atoms with Crippen LogP contribution >= 0.6 is 23.2 Å². The lowest BCUT2D eigenvalue weighted by Crippen LogP contribution is -2.23. The average molecular weight is 544 g/mol. The molecule has 200 valence electrons. The zero-order valence-corrected chi connectivity index (χ0v) is 22.0. The van der Waals surface area contributed by atoms with Gasteiger partial charge in [-0.15, -0.1) is 0 Å². The first kappa shape index (κ1) is 30.3. The number of benzene rings is 2. The lowest BCUT2D eigenvalue weighted by atomic mass is 10.0. The number of esters is 1. The van der Waals surface area contributed by atoms with Crippen LogP contribution in [0.2, 0.25) is 10.0 Å². The fourth-order valence-electron chi connectivity index (χ4n) is 3.53. The summed E-state index contributed by atoms with van der Waals surface area (Å²) in [6, 6.07) is 8.13. The summed E-state index contributed by atoms with van der Waals surface area (Å²) in [4.78, 5) is 11.4. The van der Waals surface area contributed by atoms with E-state index >= 15 is 0 Å². The molecule has 8 nitrogen and oxygen atoms in total. The molecule has 0 amide bonds. The maximum atomic E-state index is 11.4. The van der Waals surface area contributed by atoms with Gasteiger partial charge in [0.1, 0.15) is 11.5 Å². The number of carbonyl (C=O) groups excluding carboxylic acids is 1. The van der Waals surface area contributed by atoms with E-state index in [9.17, 15) is 20.1 Å². The Balaban J connectivity index is 1.53. The molecule has 0 heterocycles. The third-order valence-corrected chi connectivity index (χ3v) is 6.00. The zero-order valence-electron chi connectivity index (χ0n) is 20.5. The van der Waals surface area contributed by atoms with Crippen LogP contribution in [-0.4, -0.2) is 54.2 Å². The van der Waals surface area contributed by atoms with Gasteiger partial charge in [-0.25, -0.2) is 0 Å². The third-order valence-electron chi connectivity index (χ3n) is 5.40. The molecule has 2 rings (SSSR count). The number of aliphatic hydroxyl groups is 2. The monoisotopic (exact) mass is 543 g/mol. The standard InChI is InChI=1S/C26H35Cl2NO7/c1-18(31)36-26-21(7-9-24(32)22(26)16-30)25(33)15-29-10-4-2-3-5-11-34-12-13-35-17-19-14-20(27)6-8-23(19)28/h6-9,14,25,29-30,32-33H,2-5,10-13,15-17H2,1H3/t25-/m0/s1. The molecule has 1 atom stereocenters. The number of halogens is 2.